The van der Waals surface area contributed by atoms with Crippen LogP contribution in [0.25, 0.3) is 0 Å². The first-order valence-corrected chi connectivity index (χ1v) is 9.65. The normalized spacial score (nSPS) is 11.8. The van der Waals surface area contributed by atoms with Gasteiger partial charge < -0.3 is 19.0 Å². The van der Waals surface area contributed by atoms with E-state index in [-0.39, 0.29) is 29.4 Å². The van der Waals surface area contributed by atoms with Crippen molar-refractivity contribution in [1.82, 2.24) is 15.1 Å². The molecule has 0 saturated carbocycles. The molecule has 0 aliphatic carbocycles. The first-order chi connectivity index (χ1) is 14.7. The number of para-hydroxylation sites is 1. The molecular weight excluding hydrogens is 402 g/mol. The maximum atomic E-state index is 12.8. The zero-order valence-electron chi connectivity index (χ0n) is 17.9. The molecule has 0 saturated heterocycles. The Morgan fingerprint density at radius 2 is 1.87 bits per heavy atom. The zero-order valence-corrected chi connectivity index (χ0v) is 17.9. The van der Waals surface area contributed by atoms with Gasteiger partial charge in [-0.1, -0.05) is 17.3 Å². The van der Waals surface area contributed by atoms with E-state index in [0.29, 0.717) is 28.5 Å². The summed E-state index contributed by atoms with van der Waals surface area (Å²) in [5.41, 5.74) is 2.02. The lowest BCUT2D eigenvalue weighted by Gasteiger charge is -2.14. The Labute approximate surface area is 178 Å². The number of hydrogen-bond acceptors (Lipinski definition) is 8. The molecule has 0 unspecified atom stereocenters. The van der Waals surface area contributed by atoms with E-state index in [1.165, 1.54) is 19.9 Å². The van der Waals surface area contributed by atoms with Crippen LogP contribution in [-0.4, -0.2) is 38.8 Å². The van der Waals surface area contributed by atoms with E-state index in [0.717, 1.165) is 0 Å². The third-order valence-electron chi connectivity index (χ3n) is 4.72. The third-order valence-corrected chi connectivity index (χ3v) is 4.72. The Bertz CT molecular complexity index is 1140. The molecule has 1 aromatic carbocycles. The van der Waals surface area contributed by atoms with Crippen LogP contribution >= 0.6 is 0 Å². The summed E-state index contributed by atoms with van der Waals surface area (Å²) in [4.78, 5) is 44.4. The van der Waals surface area contributed by atoms with Crippen LogP contribution in [-0.2, 0) is 11.3 Å². The topological polar surface area (TPSA) is 124 Å². The number of Topliss-reactive ketones (excluding diaryl/α,β-unsaturated/α-hetero) is 2. The number of ether oxygens (including phenoxy) is 2. The van der Waals surface area contributed by atoms with Crippen molar-refractivity contribution in [2.45, 2.75) is 47.3 Å². The molecule has 1 N–H and O–H groups in total. The van der Waals surface area contributed by atoms with Crippen molar-refractivity contribution >= 4 is 17.5 Å². The number of rotatable bonds is 8. The van der Waals surface area contributed by atoms with Crippen LogP contribution in [0.1, 0.15) is 68.0 Å². The second-order valence-corrected chi connectivity index (χ2v) is 7.11. The molecule has 1 atom stereocenters. The fourth-order valence-electron chi connectivity index (χ4n) is 3.31. The predicted octanol–water partition coefficient (Wildman–Crippen LogP) is 3.53. The number of carbonyl (C=O) groups is 3. The number of H-pyrrole nitrogens is 1. The van der Waals surface area contributed by atoms with E-state index in [1.54, 1.807) is 39.0 Å². The number of nitrogens with zero attached hydrogens (tertiary/aromatic N) is 2. The number of carbonyl (C=O) groups excluding carboxylic acids is 3. The summed E-state index contributed by atoms with van der Waals surface area (Å²) >= 11 is 0. The van der Waals surface area contributed by atoms with E-state index in [4.69, 9.17) is 14.0 Å². The van der Waals surface area contributed by atoms with Gasteiger partial charge in [0.1, 0.15) is 11.3 Å². The van der Waals surface area contributed by atoms with Gasteiger partial charge >= 0.3 is 5.97 Å². The van der Waals surface area contributed by atoms with Crippen LogP contribution in [0.4, 0.5) is 0 Å². The Kier molecular flexibility index (Phi) is 6.33. The molecule has 0 radical (unpaired) electrons. The van der Waals surface area contributed by atoms with Crippen LogP contribution in [0.5, 0.6) is 5.75 Å². The lowest BCUT2D eigenvalue weighted by molar-refractivity contribution is 0.0312. The number of aromatic amines is 1. The van der Waals surface area contributed by atoms with Gasteiger partial charge in [-0.15, -0.1) is 0 Å². The van der Waals surface area contributed by atoms with E-state index < -0.39 is 17.9 Å². The molecule has 162 valence electrons. The minimum absolute atomic E-state index is 0.00485. The van der Waals surface area contributed by atoms with Gasteiger partial charge in [-0.25, -0.2) is 4.79 Å². The Hall–Kier alpha value is -3.75. The number of ketones is 2. The van der Waals surface area contributed by atoms with E-state index >= 15 is 0 Å². The number of hydrogen-bond donors (Lipinski definition) is 1. The second-order valence-electron chi connectivity index (χ2n) is 7.11. The van der Waals surface area contributed by atoms with Gasteiger partial charge in [0.2, 0.25) is 17.5 Å². The third kappa shape index (κ3) is 4.71. The number of nitrogens with one attached hydrogen (secondary N) is 1. The van der Waals surface area contributed by atoms with E-state index in [9.17, 15) is 14.4 Å². The maximum absolute atomic E-state index is 12.8. The highest BCUT2D eigenvalue weighted by atomic mass is 16.5. The Morgan fingerprint density at radius 1 is 1.16 bits per heavy atom. The van der Waals surface area contributed by atoms with E-state index in [2.05, 4.69) is 15.1 Å². The summed E-state index contributed by atoms with van der Waals surface area (Å²) in [6, 6.07) is 6.50. The lowest BCUT2D eigenvalue weighted by Crippen LogP contribution is -2.25. The number of aryl methyl sites for hydroxylation is 2. The first-order valence-electron chi connectivity index (χ1n) is 9.65. The minimum atomic E-state index is -1.07. The number of esters is 1. The van der Waals surface area contributed by atoms with Gasteiger partial charge in [-0.2, -0.15) is 4.98 Å². The summed E-state index contributed by atoms with van der Waals surface area (Å²) in [5, 5.41) is 3.74. The molecule has 0 aliphatic rings. The average Bonchev–Trinajstić information content (AvgIpc) is 3.27. The lowest BCUT2D eigenvalue weighted by atomic mass is 10.0. The number of aromatic nitrogens is 3. The SMILES string of the molecule is CC(=O)c1c(C)[nH]c(C(=O)[C@@H](C)OC(=O)c2ccccc2OCc2noc(C)n2)c1C. The second kappa shape index (κ2) is 8.95. The van der Waals surface area contributed by atoms with Crippen molar-refractivity contribution < 1.29 is 28.4 Å². The highest BCUT2D eigenvalue weighted by Gasteiger charge is 2.27. The molecule has 0 aliphatic heterocycles. The standard InChI is InChI=1S/C22H23N3O6/c1-11-19(13(3)26)12(2)23-20(11)21(27)14(4)30-22(28)16-8-6-7-9-17(16)29-10-18-24-15(5)31-25-18/h6-9,14,23H,10H2,1-5H3/t14-/m1/s1. The minimum Gasteiger partial charge on any atom is -0.485 e. The van der Waals surface area contributed by atoms with E-state index in [1.807, 2.05) is 0 Å². The maximum Gasteiger partial charge on any atom is 0.342 e. The van der Waals surface area contributed by atoms with Crippen molar-refractivity contribution in [2.24, 2.45) is 0 Å². The Balaban J connectivity index is 1.73. The molecule has 0 fully saturated rings. The molecule has 3 aromatic rings. The zero-order chi connectivity index (χ0) is 22.7. The Morgan fingerprint density at radius 3 is 2.48 bits per heavy atom. The molecule has 9 nitrogen and oxygen atoms in total. The van der Waals surface area contributed by atoms with Crippen LogP contribution < -0.4 is 4.74 Å². The molecule has 9 heteroatoms. The summed E-state index contributed by atoms with van der Waals surface area (Å²) < 4.78 is 15.9. The van der Waals surface area contributed by atoms with Crippen molar-refractivity contribution in [3.8, 4) is 5.75 Å². The first kappa shape index (κ1) is 21.9. The smallest absolute Gasteiger partial charge is 0.342 e. The van der Waals surface area contributed by atoms with Crippen LogP contribution in [0.15, 0.2) is 28.8 Å². The summed E-state index contributed by atoms with van der Waals surface area (Å²) in [6.07, 6.45) is -1.07. The number of benzene rings is 1. The van der Waals surface area contributed by atoms with Crippen LogP contribution in [0.3, 0.4) is 0 Å². The van der Waals surface area contributed by atoms with Crippen molar-refractivity contribution in [2.75, 3.05) is 0 Å². The molecule has 0 bridgehead atoms. The monoisotopic (exact) mass is 425 g/mol. The molecule has 0 amide bonds. The summed E-state index contributed by atoms with van der Waals surface area (Å²) in [5.74, 6) is -0.279. The quantitative estimate of drug-likeness (QED) is 0.429. The predicted molar refractivity (Wildman–Crippen MR) is 109 cm³/mol. The molecular formula is C22H23N3O6. The fourth-order valence-corrected chi connectivity index (χ4v) is 3.31. The van der Waals surface area contributed by atoms with Gasteiger partial charge in [-0.05, 0) is 45.4 Å². The van der Waals surface area contributed by atoms with Gasteiger partial charge in [0.05, 0.1) is 5.69 Å². The van der Waals surface area contributed by atoms with Crippen molar-refractivity contribution in [3.63, 3.8) is 0 Å². The highest BCUT2D eigenvalue weighted by Crippen LogP contribution is 2.23. The van der Waals surface area contributed by atoms with Gasteiger partial charge in [0.15, 0.2) is 18.5 Å². The summed E-state index contributed by atoms with van der Waals surface area (Å²) in [6.45, 7) is 7.99. The van der Waals surface area contributed by atoms with Gasteiger partial charge in [-0.3, -0.25) is 9.59 Å². The molecule has 3 rings (SSSR count). The van der Waals surface area contributed by atoms with Crippen LogP contribution in [0, 0.1) is 20.8 Å². The summed E-state index contributed by atoms with van der Waals surface area (Å²) in [7, 11) is 0. The van der Waals surface area contributed by atoms with Crippen molar-refractivity contribution in [3.05, 3.63) is 64.1 Å². The largest absolute Gasteiger partial charge is 0.485 e. The average molecular weight is 425 g/mol. The molecule has 2 aromatic heterocycles. The fraction of sp³-hybridized carbons (Fsp3) is 0.318. The highest BCUT2D eigenvalue weighted by molar-refractivity contribution is 6.05. The molecule has 2 heterocycles. The molecule has 31 heavy (non-hydrogen) atoms. The van der Waals surface area contributed by atoms with Gasteiger partial charge in [0, 0.05) is 18.2 Å². The van der Waals surface area contributed by atoms with Gasteiger partial charge in [0.25, 0.3) is 0 Å². The van der Waals surface area contributed by atoms with Crippen molar-refractivity contribution in [1.29, 1.82) is 0 Å². The molecule has 0 spiro atoms. The van der Waals surface area contributed by atoms with Crippen LogP contribution in [0.2, 0.25) is 0 Å².